The van der Waals surface area contributed by atoms with Crippen molar-refractivity contribution in [2.45, 2.75) is 32.4 Å². The molecule has 1 aliphatic rings. The molecular weight excluding hydrogens is 262 g/mol. The maximum absolute atomic E-state index is 10.2. The van der Waals surface area contributed by atoms with Crippen LogP contribution >= 0.6 is 11.6 Å². The van der Waals surface area contributed by atoms with E-state index in [0.717, 1.165) is 25.3 Å². The summed E-state index contributed by atoms with van der Waals surface area (Å²) in [4.78, 5) is 2.40. The second-order valence-electron chi connectivity index (χ2n) is 5.47. The van der Waals surface area contributed by atoms with Crippen LogP contribution in [0, 0.1) is 5.92 Å². The van der Waals surface area contributed by atoms with E-state index < -0.39 is 6.10 Å². The SMILES string of the molecule is CC(C)N1CCC(C(O)COc2ccc(Cl)cc2)C1. The van der Waals surface area contributed by atoms with Crippen molar-refractivity contribution in [2.75, 3.05) is 19.7 Å². The fraction of sp³-hybridized carbons (Fsp3) is 0.600. The van der Waals surface area contributed by atoms with Crippen LogP contribution in [0.5, 0.6) is 5.75 Å². The second kappa shape index (κ2) is 6.60. The van der Waals surface area contributed by atoms with Crippen LogP contribution in [0.25, 0.3) is 0 Å². The summed E-state index contributed by atoms with van der Waals surface area (Å²) in [6.07, 6.45) is 0.642. The minimum atomic E-state index is -0.403. The lowest BCUT2D eigenvalue weighted by Gasteiger charge is -2.22. The lowest BCUT2D eigenvalue weighted by atomic mass is 10.0. The molecule has 0 radical (unpaired) electrons. The molecule has 2 rings (SSSR count). The Balaban J connectivity index is 1.78. The summed E-state index contributed by atoms with van der Waals surface area (Å²) in [7, 11) is 0. The molecule has 0 aliphatic carbocycles. The van der Waals surface area contributed by atoms with Crippen LogP contribution < -0.4 is 4.74 Å². The highest BCUT2D eigenvalue weighted by Crippen LogP contribution is 2.23. The van der Waals surface area contributed by atoms with Gasteiger partial charge in [-0.25, -0.2) is 0 Å². The number of hydrogen-bond acceptors (Lipinski definition) is 3. The molecule has 1 saturated heterocycles. The fourth-order valence-electron chi connectivity index (χ4n) is 2.45. The molecule has 0 bridgehead atoms. The molecule has 0 aromatic heterocycles. The molecule has 106 valence electrons. The van der Waals surface area contributed by atoms with E-state index >= 15 is 0 Å². The summed E-state index contributed by atoms with van der Waals surface area (Å²) in [6, 6.07) is 7.78. The van der Waals surface area contributed by atoms with Crippen molar-refractivity contribution in [1.29, 1.82) is 0 Å². The number of benzene rings is 1. The molecule has 1 fully saturated rings. The maximum atomic E-state index is 10.2. The highest BCUT2D eigenvalue weighted by atomic mass is 35.5. The van der Waals surface area contributed by atoms with E-state index in [1.54, 1.807) is 12.1 Å². The molecule has 1 aromatic rings. The summed E-state index contributed by atoms with van der Waals surface area (Å²) < 4.78 is 5.60. The van der Waals surface area contributed by atoms with Crippen molar-refractivity contribution in [3.63, 3.8) is 0 Å². The van der Waals surface area contributed by atoms with Gasteiger partial charge in [0, 0.05) is 23.5 Å². The Hall–Kier alpha value is -0.770. The van der Waals surface area contributed by atoms with Gasteiger partial charge in [-0.05, 0) is 51.1 Å². The molecule has 2 unspecified atom stereocenters. The summed E-state index contributed by atoms with van der Waals surface area (Å²) in [5.74, 6) is 1.07. The highest BCUT2D eigenvalue weighted by Gasteiger charge is 2.29. The Morgan fingerprint density at radius 2 is 2.05 bits per heavy atom. The second-order valence-corrected chi connectivity index (χ2v) is 5.91. The largest absolute Gasteiger partial charge is 0.491 e. The van der Waals surface area contributed by atoms with Crippen LogP contribution in [0.2, 0.25) is 5.02 Å². The Labute approximate surface area is 120 Å². The van der Waals surface area contributed by atoms with Gasteiger partial charge in [0.2, 0.25) is 0 Å². The van der Waals surface area contributed by atoms with E-state index in [0.29, 0.717) is 23.6 Å². The minimum Gasteiger partial charge on any atom is -0.491 e. The lowest BCUT2D eigenvalue weighted by Crippen LogP contribution is -2.33. The topological polar surface area (TPSA) is 32.7 Å². The molecule has 0 amide bonds. The van der Waals surface area contributed by atoms with E-state index in [2.05, 4.69) is 18.7 Å². The zero-order valence-electron chi connectivity index (χ0n) is 11.6. The molecule has 0 spiro atoms. The molecule has 3 nitrogen and oxygen atoms in total. The van der Waals surface area contributed by atoms with E-state index in [1.165, 1.54) is 0 Å². The van der Waals surface area contributed by atoms with Gasteiger partial charge in [0.25, 0.3) is 0 Å². The van der Waals surface area contributed by atoms with Crippen LogP contribution in [-0.2, 0) is 0 Å². The summed E-state index contributed by atoms with van der Waals surface area (Å²) in [5.41, 5.74) is 0. The number of likely N-dealkylation sites (tertiary alicyclic amines) is 1. The van der Waals surface area contributed by atoms with Crippen molar-refractivity contribution >= 4 is 11.6 Å². The van der Waals surface area contributed by atoms with Crippen LogP contribution in [0.1, 0.15) is 20.3 Å². The lowest BCUT2D eigenvalue weighted by molar-refractivity contribution is 0.0583. The number of aliphatic hydroxyl groups excluding tert-OH is 1. The average Bonchev–Trinajstić information content (AvgIpc) is 2.87. The Morgan fingerprint density at radius 3 is 2.63 bits per heavy atom. The van der Waals surface area contributed by atoms with Crippen molar-refractivity contribution < 1.29 is 9.84 Å². The number of nitrogens with zero attached hydrogens (tertiary/aromatic N) is 1. The minimum absolute atomic E-state index is 0.315. The number of rotatable bonds is 5. The first kappa shape index (κ1) is 14.6. The molecule has 1 aromatic carbocycles. The third-order valence-corrected chi connectivity index (χ3v) is 4.02. The molecule has 19 heavy (non-hydrogen) atoms. The monoisotopic (exact) mass is 283 g/mol. The van der Waals surface area contributed by atoms with Gasteiger partial charge >= 0.3 is 0 Å². The van der Waals surface area contributed by atoms with E-state index in [1.807, 2.05) is 12.1 Å². The first-order chi connectivity index (χ1) is 9.06. The van der Waals surface area contributed by atoms with Crippen LogP contribution in [-0.4, -0.2) is 41.8 Å². The zero-order valence-corrected chi connectivity index (χ0v) is 12.3. The van der Waals surface area contributed by atoms with Crippen LogP contribution in [0.15, 0.2) is 24.3 Å². The Kier molecular flexibility index (Phi) is 5.08. The fourth-order valence-corrected chi connectivity index (χ4v) is 2.57. The normalized spacial score (nSPS) is 21.8. The molecule has 4 heteroatoms. The Bertz CT molecular complexity index is 394. The van der Waals surface area contributed by atoms with Crippen LogP contribution in [0.3, 0.4) is 0 Å². The summed E-state index contributed by atoms with van der Waals surface area (Å²) in [6.45, 7) is 6.76. The van der Waals surface area contributed by atoms with Crippen molar-refractivity contribution in [1.82, 2.24) is 4.90 Å². The number of aliphatic hydroxyl groups is 1. The van der Waals surface area contributed by atoms with E-state index in [4.69, 9.17) is 16.3 Å². The van der Waals surface area contributed by atoms with Crippen LogP contribution in [0.4, 0.5) is 0 Å². The summed E-state index contributed by atoms with van der Waals surface area (Å²) >= 11 is 5.81. The zero-order chi connectivity index (χ0) is 13.8. The van der Waals surface area contributed by atoms with Gasteiger partial charge in [-0.2, -0.15) is 0 Å². The van der Waals surface area contributed by atoms with Gasteiger partial charge in [0.1, 0.15) is 12.4 Å². The number of halogens is 1. The summed E-state index contributed by atoms with van der Waals surface area (Å²) in [5, 5.41) is 10.9. The smallest absolute Gasteiger partial charge is 0.119 e. The average molecular weight is 284 g/mol. The molecule has 1 heterocycles. The molecule has 1 aliphatic heterocycles. The molecule has 2 atom stereocenters. The predicted molar refractivity (Wildman–Crippen MR) is 77.8 cm³/mol. The van der Waals surface area contributed by atoms with E-state index in [9.17, 15) is 5.11 Å². The van der Waals surface area contributed by atoms with E-state index in [-0.39, 0.29) is 0 Å². The highest BCUT2D eigenvalue weighted by molar-refractivity contribution is 6.30. The van der Waals surface area contributed by atoms with Gasteiger partial charge in [-0.1, -0.05) is 11.6 Å². The standard InChI is InChI=1S/C15H22ClNO2/c1-11(2)17-8-7-12(9-17)15(18)10-19-14-5-3-13(16)4-6-14/h3-6,11-12,15,18H,7-10H2,1-2H3. The number of ether oxygens (including phenoxy) is 1. The van der Waals surface area contributed by atoms with Gasteiger partial charge < -0.3 is 14.7 Å². The maximum Gasteiger partial charge on any atom is 0.119 e. The third-order valence-electron chi connectivity index (χ3n) is 3.76. The van der Waals surface area contributed by atoms with Gasteiger partial charge in [0.05, 0.1) is 6.10 Å². The first-order valence-electron chi connectivity index (χ1n) is 6.86. The molecular formula is C15H22ClNO2. The van der Waals surface area contributed by atoms with Gasteiger partial charge in [0.15, 0.2) is 0 Å². The first-order valence-corrected chi connectivity index (χ1v) is 7.24. The van der Waals surface area contributed by atoms with Gasteiger partial charge in [-0.15, -0.1) is 0 Å². The van der Waals surface area contributed by atoms with Gasteiger partial charge in [-0.3, -0.25) is 0 Å². The van der Waals surface area contributed by atoms with Crippen molar-refractivity contribution in [2.24, 2.45) is 5.92 Å². The Morgan fingerprint density at radius 1 is 1.37 bits per heavy atom. The van der Waals surface area contributed by atoms with Crippen molar-refractivity contribution in [3.05, 3.63) is 29.3 Å². The third kappa shape index (κ3) is 4.10. The predicted octanol–water partition coefficient (Wildman–Crippen LogP) is 2.81. The molecule has 1 N–H and O–H groups in total. The number of hydrogen-bond donors (Lipinski definition) is 1. The van der Waals surface area contributed by atoms with Crippen molar-refractivity contribution in [3.8, 4) is 5.75 Å². The quantitative estimate of drug-likeness (QED) is 0.902. The molecule has 0 saturated carbocycles.